The molecule has 1 amide bonds. The van der Waals surface area contributed by atoms with Crippen molar-refractivity contribution in [1.29, 1.82) is 0 Å². The van der Waals surface area contributed by atoms with E-state index >= 15 is 0 Å². The molecule has 1 N–H and O–H groups in total. The van der Waals surface area contributed by atoms with Gasteiger partial charge in [0.2, 0.25) is 5.91 Å². The third-order valence-corrected chi connectivity index (χ3v) is 0.739. The first-order valence-electron chi connectivity index (χ1n) is 2.55. The Morgan fingerprint density at radius 3 is 2.78 bits per heavy atom. The lowest BCUT2D eigenvalue weighted by molar-refractivity contribution is -0.117. The monoisotopic (exact) mass is 123 g/mol. The summed E-state index contributed by atoms with van der Waals surface area (Å²) in [5.41, 5.74) is 0.477. The molecule has 0 aliphatic rings. The maximum Gasteiger partial charge on any atom is 0.247 e. The van der Waals surface area contributed by atoms with Crippen molar-refractivity contribution in [2.24, 2.45) is 0 Å². The fourth-order valence-electron chi connectivity index (χ4n) is 0.282. The Labute approximate surface area is 54.9 Å². The highest BCUT2D eigenvalue weighted by molar-refractivity contribution is 5.92. The molecule has 0 saturated heterocycles. The summed E-state index contributed by atoms with van der Waals surface area (Å²) in [6.07, 6.45) is 4.88. The molecule has 0 atom stereocenters. The minimum atomic E-state index is -0.187. The summed E-state index contributed by atoms with van der Waals surface area (Å²) < 4.78 is 0. The average molecular weight is 123 g/mol. The molecular formula is C7H9NO. The van der Waals surface area contributed by atoms with E-state index in [-0.39, 0.29) is 12.5 Å². The summed E-state index contributed by atoms with van der Waals surface area (Å²) in [4.78, 5) is 10.6. The lowest BCUT2D eigenvalue weighted by Crippen LogP contribution is -2.23. The summed E-state index contributed by atoms with van der Waals surface area (Å²) in [5, 5.41) is 2.46. The highest BCUT2D eigenvalue weighted by Crippen LogP contribution is 1.83. The van der Waals surface area contributed by atoms with Gasteiger partial charge in [0, 0.05) is 5.57 Å². The van der Waals surface area contributed by atoms with Crippen LogP contribution in [0.25, 0.3) is 0 Å². The highest BCUT2D eigenvalue weighted by Gasteiger charge is 1.96. The fourth-order valence-corrected chi connectivity index (χ4v) is 0.282. The summed E-state index contributed by atoms with van der Waals surface area (Å²) >= 11 is 0. The molecule has 0 aliphatic heterocycles. The zero-order chi connectivity index (χ0) is 7.28. The van der Waals surface area contributed by atoms with Gasteiger partial charge in [-0.2, -0.15) is 0 Å². The summed E-state index contributed by atoms with van der Waals surface area (Å²) in [7, 11) is 0. The summed E-state index contributed by atoms with van der Waals surface area (Å²) in [6.45, 7) is 5.33. The number of nitrogens with one attached hydrogen (secondary N) is 1. The number of carbonyl (C=O) groups is 1. The molecule has 2 nitrogen and oxygen atoms in total. The predicted octanol–water partition coefficient (Wildman–Crippen LogP) is 0.312. The van der Waals surface area contributed by atoms with Gasteiger partial charge >= 0.3 is 0 Å². The highest BCUT2D eigenvalue weighted by atomic mass is 16.1. The van der Waals surface area contributed by atoms with Crippen molar-refractivity contribution in [3.8, 4) is 12.3 Å². The first-order valence-corrected chi connectivity index (χ1v) is 2.55. The van der Waals surface area contributed by atoms with Gasteiger partial charge in [0.15, 0.2) is 0 Å². The molecule has 0 unspecified atom stereocenters. The number of terminal acetylenes is 1. The van der Waals surface area contributed by atoms with Crippen LogP contribution < -0.4 is 5.32 Å². The Morgan fingerprint density at radius 2 is 2.44 bits per heavy atom. The molecule has 0 heterocycles. The fraction of sp³-hybridized carbons (Fsp3) is 0.286. The van der Waals surface area contributed by atoms with Crippen LogP contribution in [0.2, 0.25) is 0 Å². The molecule has 0 bridgehead atoms. The molecule has 0 saturated carbocycles. The molecule has 48 valence electrons. The summed E-state index contributed by atoms with van der Waals surface area (Å²) in [6, 6.07) is 0. The first-order chi connectivity index (χ1) is 4.18. The Bertz CT molecular complexity index is 164. The number of hydrogen-bond donors (Lipinski definition) is 1. The van der Waals surface area contributed by atoms with E-state index in [0.29, 0.717) is 5.57 Å². The van der Waals surface area contributed by atoms with Gasteiger partial charge < -0.3 is 5.32 Å². The molecule has 0 spiro atoms. The van der Waals surface area contributed by atoms with Crippen molar-refractivity contribution in [2.75, 3.05) is 6.54 Å². The van der Waals surface area contributed by atoms with E-state index in [2.05, 4.69) is 17.8 Å². The van der Waals surface area contributed by atoms with E-state index in [1.54, 1.807) is 6.92 Å². The molecule has 0 aromatic rings. The molecule has 0 aromatic carbocycles. The van der Waals surface area contributed by atoms with Crippen LogP contribution in [0, 0.1) is 12.3 Å². The maximum absolute atomic E-state index is 10.6. The summed E-state index contributed by atoms with van der Waals surface area (Å²) in [5.74, 6) is 2.09. The normalized spacial score (nSPS) is 7.56. The quantitative estimate of drug-likeness (QED) is 0.415. The molecule has 0 rings (SSSR count). The Morgan fingerprint density at radius 1 is 1.89 bits per heavy atom. The maximum atomic E-state index is 10.6. The predicted molar refractivity (Wildman–Crippen MR) is 36.7 cm³/mol. The van der Waals surface area contributed by atoms with Gasteiger partial charge in [0.05, 0.1) is 6.54 Å². The van der Waals surface area contributed by atoms with Crippen molar-refractivity contribution in [2.45, 2.75) is 6.92 Å². The minimum Gasteiger partial charge on any atom is -0.341 e. The van der Waals surface area contributed by atoms with E-state index < -0.39 is 0 Å². The van der Waals surface area contributed by atoms with Crippen LogP contribution in [-0.2, 0) is 4.79 Å². The smallest absolute Gasteiger partial charge is 0.247 e. The number of rotatable bonds is 2. The topological polar surface area (TPSA) is 29.1 Å². The molecule has 9 heavy (non-hydrogen) atoms. The second kappa shape index (κ2) is 3.73. The van der Waals surface area contributed by atoms with Crippen LogP contribution in [0.5, 0.6) is 0 Å². The molecule has 2 heteroatoms. The van der Waals surface area contributed by atoms with Crippen molar-refractivity contribution >= 4 is 5.91 Å². The molecule has 0 radical (unpaired) electrons. The second-order valence-electron chi connectivity index (χ2n) is 1.67. The van der Waals surface area contributed by atoms with Gasteiger partial charge in [-0.3, -0.25) is 4.79 Å². The van der Waals surface area contributed by atoms with Crippen molar-refractivity contribution in [3.05, 3.63) is 12.2 Å². The molecule has 0 fully saturated rings. The number of carbonyl (C=O) groups excluding carboxylic acids is 1. The Kier molecular flexibility index (Phi) is 3.22. The van der Waals surface area contributed by atoms with E-state index in [1.807, 2.05) is 0 Å². The van der Waals surface area contributed by atoms with Gasteiger partial charge in [-0.05, 0) is 6.92 Å². The zero-order valence-corrected chi connectivity index (χ0v) is 5.40. The van der Waals surface area contributed by atoms with Crippen molar-refractivity contribution in [1.82, 2.24) is 5.32 Å². The Hall–Kier alpha value is -1.23. The van der Waals surface area contributed by atoms with Gasteiger partial charge in [-0.1, -0.05) is 12.5 Å². The molecule has 0 aromatic heterocycles. The van der Waals surface area contributed by atoms with Crippen LogP contribution >= 0.6 is 0 Å². The van der Waals surface area contributed by atoms with Crippen molar-refractivity contribution in [3.63, 3.8) is 0 Å². The third-order valence-electron chi connectivity index (χ3n) is 0.739. The van der Waals surface area contributed by atoms with E-state index in [9.17, 15) is 4.79 Å². The van der Waals surface area contributed by atoms with E-state index in [4.69, 9.17) is 6.42 Å². The van der Waals surface area contributed by atoms with Crippen LogP contribution in [0.4, 0.5) is 0 Å². The van der Waals surface area contributed by atoms with Crippen LogP contribution in [0.3, 0.4) is 0 Å². The number of amides is 1. The Balaban J connectivity index is 3.55. The van der Waals surface area contributed by atoms with Gasteiger partial charge in [0.1, 0.15) is 0 Å². The van der Waals surface area contributed by atoms with Crippen LogP contribution in [-0.4, -0.2) is 12.5 Å². The SMILES string of the molecule is C#CCNC(=O)C(=C)C. The lowest BCUT2D eigenvalue weighted by Gasteiger charge is -1.96. The van der Waals surface area contributed by atoms with Gasteiger partial charge in [-0.25, -0.2) is 0 Å². The lowest BCUT2D eigenvalue weighted by atomic mass is 10.3. The van der Waals surface area contributed by atoms with Crippen molar-refractivity contribution < 1.29 is 4.79 Å². The largest absolute Gasteiger partial charge is 0.341 e. The van der Waals surface area contributed by atoms with Gasteiger partial charge in [-0.15, -0.1) is 6.42 Å². The first kappa shape index (κ1) is 7.77. The van der Waals surface area contributed by atoms with Crippen LogP contribution in [0.1, 0.15) is 6.92 Å². The number of hydrogen-bond acceptors (Lipinski definition) is 1. The minimum absolute atomic E-state index is 0.187. The van der Waals surface area contributed by atoms with E-state index in [0.717, 1.165) is 0 Å². The average Bonchev–Trinajstić information content (AvgIpc) is 1.82. The third kappa shape index (κ3) is 3.36. The standard InChI is InChI=1S/C7H9NO/c1-4-5-8-7(9)6(2)3/h1H,2,5H2,3H3,(H,8,9). The molecular weight excluding hydrogens is 114 g/mol. The van der Waals surface area contributed by atoms with E-state index in [1.165, 1.54) is 0 Å². The van der Waals surface area contributed by atoms with Crippen LogP contribution in [0.15, 0.2) is 12.2 Å². The molecule has 0 aliphatic carbocycles. The second-order valence-corrected chi connectivity index (χ2v) is 1.67. The van der Waals surface area contributed by atoms with Gasteiger partial charge in [0.25, 0.3) is 0 Å². The zero-order valence-electron chi connectivity index (χ0n) is 5.40.